The van der Waals surface area contributed by atoms with Crippen LogP contribution in [0.4, 0.5) is 0 Å². The third-order valence-corrected chi connectivity index (χ3v) is 5.64. The molecular formula is C21H32N4O2. The molecule has 0 bridgehead atoms. The fourth-order valence-corrected chi connectivity index (χ4v) is 4.17. The lowest BCUT2D eigenvalue weighted by Crippen LogP contribution is -2.45. The topological polar surface area (TPSA) is 79.2 Å². The number of aryl methyl sites for hydroxylation is 2. The molecule has 148 valence electrons. The van der Waals surface area contributed by atoms with Crippen LogP contribution in [-0.2, 0) is 17.8 Å². The van der Waals surface area contributed by atoms with E-state index < -0.39 is 6.04 Å². The van der Waals surface area contributed by atoms with Crippen LogP contribution in [0, 0.1) is 5.92 Å². The fraction of sp³-hybridized carbons (Fsp3) is 0.619. The zero-order chi connectivity index (χ0) is 19.1. The van der Waals surface area contributed by atoms with Crippen molar-refractivity contribution >= 4 is 16.9 Å². The lowest BCUT2D eigenvalue weighted by Gasteiger charge is -2.24. The lowest BCUT2D eigenvalue weighted by atomic mass is 9.89. The number of carbonyl (C=O) groups is 1. The Labute approximate surface area is 161 Å². The summed E-state index contributed by atoms with van der Waals surface area (Å²) in [4.78, 5) is 16.9. The first-order chi connectivity index (χ1) is 13.2. The number of imidazole rings is 1. The molecule has 0 aliphatic heterocycles. The minimum absolute atomic E-state index is 0.357. The van der Waals surface area contributed by atoms with Crippen molar-refractivity contribution in [2.45, 2.75) is 70.9 Å². The van der Waals surface area contributed by atoms with Gasteiger partial charge < -0.3 is 9.88 Å². The third-order valence-electron chi connectivity index (χ3n) is 5.64. The Balaban J connectivity index is 1.66. The molecule has 1 amide bonds. The normalized spacial score (nSPS) is 16.5. The highest BCUT2D eigenvalue weighted by Crippen LogP contribution is 2.23. The summed E-state index contributed by atoms with van der Waals surface area (Å²) in [5, 5.41) is 12.5. The molecule has 3 rings (SSSR count). The molecule has 0 radical (unpaired) electrons. The van der Waals surface area contributed by atoms with Crippen molar-refractivity contribution in [3.8, 4) is 0 Å². The number of hydroxylamine groups is 1. The molecule has 6 heteroatoms. The van der Waals surface area contributed by atoms with Crippen molar-refractivity contribution in [1.82, 2.24) is 20.3 Å². The van der Waals surface area contributed by atoms with Gasteiger partial charge in [0, 0.05) is 13.0 Å². The summed E-state index contributed by atoms with van der Waals surface area (Å²) < 4.78 is 2.25. The number of rotatable bonds is 9. The van der Waals surface area contributed by atoms with Crippen LogP contribution < -0.4 is 10.8 Å². The Hall–Kier alpha value is -1.92. The van der Waals surface area contributed by atoms with E-state index in [4.69, 9.17) is 10.2 Å². The Bertz CT molecular complexity index is 737. The molecule has 1 aliphatic carbocycles. The molecule has 3 N–H and O–H groups in total. The summed E-state index contributed by atoms with van der Waals surface area (Å²) in [6, 6.07) is 7.77. The van der Waals surface area contributed by atoms with Gasteiger partial charge >= 0.3 is 0 Å². The highest BCUT2D eigenvalue weighted by atomic mass is 16.5. The van der Waals surface area contributed by atoms with Crippen molar-refractivity contribution in [3.05, 3.63) is 30.1 Å². The first-order valence-electron chi connectivity index (χ1n) is 10.3. The van der Waals surface area contributed by atoms with Crippen molar-refractivity contribution in [3.63, 3.8) is 0 Å². The Morgan fingerprint density at radius 2 is 2.07 bits per heavy atom. The first kappa shape index (κ1) is 19.8. The zero-order valence-corrected chi connectivity index (χ0v) is 16.3. The second-order valence-electron chi connectivity index (χ2n) is 7.65. The highest BCUT2D eigenvalue weighted by molar-refractivity contribution is 5.80. The molecule has 6 nitrogen and oxygen atoms in total. The van der Waals surface area contributed by atoms with Crippen LogP contribution in [0.3, 0.4) is 0 Å². The standard InChI is InChI=1S/C21H32N4O2/c1-2-14-25-19-11-7-6-10-17(19)23-20(25)13-12-18(21(26)24-27)22-15-16-8-4-3-5-9-16/h6-7,10-11,16,18,22,27H,2-5,8-9,12-15H2,1H3,(H,24,26)/t18-/m0/s1. The monoisotopic (exact) mass is 372 g/mol. The second kappa shape index (κ2) is 9.85. The highest BCUT2D eigenvalue weighted by Gasteiger charge is 2.22. The van der Waals surface area contributed by atoms with Crippen LogP contribution in [0.2, 0.25) is 0 Å². The van der Waals surface area contributed by atoms with Gasteiger partial charge in [0.25, 0.3) is 5.91 Å². The van der Waals surface area contributed by atoms with Crippen LogP contribution in [-0.4, -0.2) is 33.3 Å². The molecule has 1 heterocycles. The van der Waals surface area contributed by atoms with E-state index in [-0.39, 0.29) is 5.91 Å². The number of nitrogens with zero attached hydrogens (tertiary/aromatic N) is 2. The average Bonchev–Trinajstić information content (AvgIpc) is 3.06. The number of nitrogens with one attached hydrogen (secondary N) is 2. The van der Waals surface area contributed by atoms with Gasteiger partial charge in [0.2, 0.25) is 0 Å². The summed E-state index contributed by atoms with van der Waals surface area (Å²) in [5.41, 5.74) is 3.97. The molecule has 1 aromatic carbocycles. The predicted octanol–water partition coefficient (Wildman–Crippen LogP) is 3.42. The zero-order valence-electron chi connectivity index (χ0n) is 16.3. The number of carbonyl (C=O) groups excluding carboxylic acids is 1. The number of para-hydroxylation sites is 2. The minimum atomic E-state index is -0.396. The summed E-state index contributed by atoms with van der Waals surface area (Å²) in [6.45, 7) is 3.91. The maximum atomic E-state index is 12.1. The van der Waals surface area contributed by atoms with E-state index in [9.17, 15) is 4.79 Å². The average molecular weight is 373 g/mol. The van der Waals surface area contributed by atoms with E-state index in [0.717, 1.165) is 36.4 Å². The minimum Gasteiger partial charge on any atom is -0.328 e. The summed E-state index contributed by atoms with van der Waals surface area (Å²) in [5.74, 6) is 1.29. The summed E-state index contributed by atoms with van der Waals surface area (Å²) >= 11 is 0. The van der Waals surface area contributed by atoms with E-state index in [1.54, 1.807) is 0 Å². The molecule has 0 saturated heterocycles. The van der Waals surface area contributed by atoms with Crippen molar-refractivity contribution < 1.29 is 10.0 Å². The van der Waals surface area contributed by atoms with Crippen LogP contribution >= 0.6 is 0 Å². The predicted molar refractivity (Wildman–Crippen MR) is 107 cm³/mol. The van der Waals surface area contributed by atoms with Crippen molar-refractivity contribution in [2.24, 2.45) is 5.92 Å². The molecule has 1 aromatic heterocycles. The van der Waals surface area contributed by atoms with Gasteiger partial charge in [0.05, 0.1) is 17.1 Å². The van der Waals surface area contributed by atoms with Crippen LogP contribution in [0.1, 0.15) is 57.7 Å². The van der Waals surface area contributed by atoms with Gasteiger partial charge in [-0.2, -0.15) is 0 Å². The van der Waals surface area contributed by atoms with Gasteiger partial charge in [-0.05, 0) is 50.3 Å². The van der Waals surface area contributed by atoms with E-state index >= 15 is 0 Å². The number of amides is 1. The maximum Gasteiger partial charge on any atom is 0.260 e. The van der Waals surface area contributed by atoms with E-state index in [0.29, 0.717) is 18.8 Å². The molecule has 1 aliphatic rings. The largest absolute Gasteiger partial charge is 0.328 e. The molecule has 27 heavy (non-hydrogen) atoms. The van der Waals surface area contributed by atoms with Gasteiger partial charge in [-0.15, -0.1) is 0 Å². The van der Waals surface area contributed by atoms with Crippen LogP contribution in [0.25, 0.3) is 11.0 Å². The van der Waals surface area contributed by atoms with Gasteiger partial charge in [-0.1, -0.05) is 38.3 Å². The third kappa shape index (κ3) is 5.08. The lowest BCUT2D eigenvalue weighted by molar-refractivity contribution is -0.131. The molecule has 2 aromatic rings. The molecule has 0 spiro atoms. The maximum absolute atomic E-state index is 12.1. The SMILES string of the molecule is CCCn1c(CC[C@H](NCC2CCCCC2)C(=O)NO)nc2ccccc21. The Kier molecular flexibility index (Phi) is 7.24. The van der Waals surface area contributed by atoms with Crippen LogP contribution in [0.15, 0.2) is 24.3 Å². The summed E-state index contributed by atoms with van der Waals surface area (Å²) in [7, 11) is 0. The van der Waals surface area contributed by atoms with Crippen molar-refractivity contribution in [2.75, 3.05) is 6.54 Å². The van der Waals surface area contributed by atoms with Gasteiger partial charge in [0.1, 0.15) is 5.82 Å². The van der Waals surface area contributed by atoms with E-state index in [1.807, 2.05) is 23.7 Å². The molecular weight excluding hydrogens is 340 g/mol. The number of benzene rings is 1. The molecule has 1 atom stereocenters. The summed E-state index contributed by atoms with van der Waals surface area (Å²) in [6.07, 6.45) is 8.70. The second-order valence-corrected chi connectivity index (χ2v) is 7.65. The first-order valence-corrected chi connectivity index (χ1v) is 10.3. The van der Waals surface area contributed by atoms with Crippen LogP contribution in [0.5, 0.6) is 0 Å². The smallest absolute Gasteiger partial charge is 0.260 e. The van der Waals surface area contributed by atoms with E-state index in [1.165, 1.54) is 32.1 Å². The molecule has 1 saturated carbocycles. The number of hydrogen-bond acceptors (Lipinski definition) is 4. The number of aromatic nitrogens is 2. The fourth-order valence-electron chi connectivity index (χ4n) is 4.17. The van der Waals surface area contributed by atoms with Gasteiger partial charge in [-0.25, -0.2) is 10.5 Å². The van der Waals surface area contributed by atoms with Gasteiger partial charge in [0.15, 0.2) is 0 Å². The molecule has 0 unspecified atom stereocenters. The van der Waals surface area contributed by atoms with Gasteiger partial charge in [-0.3, -0.25) is 10.0 Å². The number of hydrogen-bond donors (Lipinski definition) is 3. The van der Waals surface area contributed by atoms with Crippen molar-refractivity contribution in [1.29, 1.82) is 0 Å². The van der Waals surface area contributed by atoms with E-state index in [2.05, 4.69) is 22.9 Å². The molecule has 1 fully saturated rings. The Morgan fingerprint density at radius 3 is 2.81 bits per heavy atom. The quantitative estimate of drug-likeness (QED) is 0.465. The Morgan fingerprint density at radius 1 is 1.30 bits per heavy atom. The number of fused-ring (bicyclic) bond motifs is 1.